The summed E-state index contributed by atoms with van der Waals surface area (Å²) in [5.74, 6) is 0.307. The standard InChI is InChI=1S/C17H24O6/c1-12(2)17(10-23-11-18,8-7-16(19)20)13-5-6-14(21-3)15(9-13)22-4/h5-6,9,11-12H,7-8,10H2,1-4H3,(H,19,20). The summed E-state index contributed by atoms with van der Waals surface area (Å²) in [7, 11) is 3.09. The molecule has 0 aliphatic heterocycles. The van der Waals surface area contributed by atoms with Crippen LogP contribution in [0.5, 0.6) is 11.5 Å². The summed E-state index contributed by atoms with van der Waals surface area (Å²) in [5.41, 5.74) is 0.243. The Morgan fingerprint density at radius 2 is 1.91 bits per heavy atom. The molecule has 0 heterocycles. The van der Waals surface area contributed by atoms with Crippen molar-refractivity contribution in [3.05, 3.63) is 23.8 Å². The lowest BCUT2D eigenvalue weighted by Gasteiger charge is -2.37. The van der Waals surface area contributed by atoms with Crippen molar-refractivity contribution in [3.8, 4) is 11.5 Å². The number of carboxylic acid groups (broad SMARTS) is 1. The predicted molar refractivity (Wildman–Crippen MR) is 84.9 cm³/mol. The van der Waals surface area contributed by atoms with Crippen LogP contribution in [0.1, 0.15) is 32.3 Å². The molecule has 0 aliphatic carbocycles. The first-order valence-corrected chi connectivity index (χ1v) is 7.40. The summed E-state index contributed by atoms with van der Waals surface area (Å²) >= 11 is 0. The van der Waals surface area contributed by atoms with Gasteiger partial charge in [0.2, 0.25) is 0 Å². The topological polar surface area (TPSA) is 82.1 Å². The molecule has 0 amide bonds. The van der Waals surface area contributed by atoms with Gasteiger partial charge in [0.05, 0.1) is 14.2 Å². The number of carboxylic acids is 1. The summed E-state index contributed by atoms with van der Waals surface area (Å²) in [6.07, 6.45) is 0.331. The first kappa shape index (κ1) is 18.8. The summed E-state index contributed by atoms with van der Waals surface area (Å²) in [6, 6.07) is 5.44. The van der Waals surface area contributed by atoms with E-state index in [0.29, 0.717) is 24.4 Å². The Bertz CT molecular complexity index is 540. The molecule has 0 saturated carbocycles. The molecule has 1 rings (SSSR count). The van der Waals surface area contributed by atoms with E-state index in [1.165, 1.54) is 7.11 Å². The van der Waals surface area contributed by atoms with Gasteiger partial charge in [-0.15, -0.1) is 0 Å². The summed E-state index contributed by atoms with van der Waals surface area (Å²) in [6.45, 7) is 4.45. The number of carbonyl (C=O) groups excluding carboxylic acids is 1. The van der Waals surface area contributed by atoms with Crippen LogP contribution in [-0.2, 0) is 19.7 Å². The van der Waals surface area contributed by atoms with Gasteiger partial charge in [-0.1, -0.05) is 19.9 Å². The number of carbonyl (C=O) groups is 2. The van der Waals surface area contributed by atoms with Crippen molar-refractivity contribution in [1.82, 2.24) is 0 Å². The predicted octanol–water partition coefficient (Wildman–Crippen LogP) is 2.64. The second-order valence-corrected chi connectivity index (χ2v) is 5.68. The maximum atomic E-state index is 11.0. The van der Waals surface area contributed by atoms with Gasteiger partial charge in [0.25, 0.3) is 6.47 Å². The smallest absolute Gasteiger partial charge is 0.303 e. The van der Waals surface area contributed by atoms with E-state index in [0.717, 1.165) is 5.56 Å². The largest absolute Gasteiger partial charge is 0.493 e. The zero-order chi connectivity index (χ0) is 17.5. The number of hydrogen-bond acceptors (Lipinski definition) is 5. The minimum atomic E-state index is -0.887. The van der Waals surface area contributed by atoms with Crippen LogP contribution in [0.15, 0.2) is 18.2 Å². The first-order valence-electron chi connectivity index (χ1n) is 7.40. The van der Waals surface area contributed by atoms with E-state index in [2.05, 4.69) is 0 Å². The van der Waals surface area contributed by atoms with E-state index in [4.69, 9.17) is 19.3 Å². The monoisotopic (exact) mass is 324 g/mol. The Balaban J connectivity index is 3.35. The normalized spacial score (nSPS) is 13.3. The molecule has 0 bridgehead atoms. The molecule has 6 heteroatoms. The molecule has 1 atom stereocenters. The Morgan fingerprint density at radius 3 is 2.39 bits per heavy atom. The van der Waals surface area contributed by atoms with Crippen molar-refractivity contribution in [2.24, 2.45) is 5.92 Å². The van der Waals surface area contributed by atoms with Crippen molar-refractivity contribution in [3.63, 3.8) is 0 Å². The highest BCUT2D eigenvalue weighted by atomic mass is 16.5. The lowest BCUT2D eigenvalue weighted by Crippen LogP contribution is -2.38. The number of rotatable bonds is 10. The van der Waals surface area contributed by atoms with E-state index in [1.54, 1.807) is 13.2 Å². The van der Waals surface area contributed by atoms with Crippen LogP contribution < -0.4 is 9.47 Å². The van der Waals surface area contributed by atoms with Crippen molar-refractivity contribution in [2.45, 2.75) is 32.1 Å². The molecule has 0 spiro atoms. The van der Waals surface area contributed by atoms with Crippen molar-refractivity contribution >= 4 is 12.4 Å². The number of hydrogen-bond donors (Lipinski definition) is 1. The van der Waals surface area contributed by atoms with Gasteiger partial charge in [-0.2, -0.15) is 0 Å². The fraction of sp³-hybridized carbons (Fsp3) is 0.529. The Morgan fingerprint density at radius 1 is 1.26 bits per heavy atom. The molecule has 1 aromatic carbocycles. The van der Waals surface area contributed by atoms with Gasteiger partial charge in [0.15, 0.2) is 11.5 Å². The molecule has 0 saturated heterocycles. The average molecular weight is 324 g/mol. The first-order chi connectivity index (χ1) is 10.9. The summed E-state index contributed by atoms with van der Waals surface area (Å²) in [4.78, 5) is 21.7. The minimum Gasteiger partial charge on any atom is -0.493 e. The number of benzene rings is 1. The molecule has 23 heavy (non-hydrogen) atoms. The number of aliphatic carboxylic acids is 1. The van der Waals surface area contributed by atoms with Gasteiger partial charge < -0.3 is 19.3 Å². The SMILES string of the molecule is COc1ccc(C(CCC(=O)O)(COC=O)C(C)C)cc1OC. The minimum absolute atomic E-state index is 0.0191. The van der Waals surface area contributed by atoms with Gasteiger partial charge in [0, 0.05) is 11.8 Å². The molecule has 0 aliphatic rings. The molecule has 1 N–H and O–H groups in total. The van der Waals surface area contributed by atoms with Crippen molar-refractivity contribution in [2.75, 3.05) is 20.8 Å². The highest BCUT2D eigenvalue weighted by Crippen LogP contribution is 2.41. The van der Waals surface area contributed by atoms with E-state index in [9.17, 15) is 9.59 Å². The van der Waals surface area contributed by atoms with Gasteiger partial charge in [-0.05, 0) is 30.0 Å². The van der Waals surface area contributed by atoms with Crippen LogP contribution in [0.25, 0.3) is 0 Å². The van der Waals surface area contributed by atoms with Crippen LogP contribution >= 0.6 is 0 Å². The molecule has 1 unspecified atom stereocenters. The van der Waals surface area contributed by atoms with Crippen LogP contribution in [0.4, 0.5) is 0 Å². The van der Waals surface area contributed by atoms with E-state index in [1.807, 2.05) is 26.0 Å². The molecule has 128 valence electrons. The van der Waals surface area contributed by atoms with Gasteiger partial charge in [0.1, 0.15) is 6.61 Å². The van der Waals surface area contributed by atoms with E-state index in [-0.39, 0.29) is 18.9 Å². The highest BCUT2D eigenvalue weighted by molar-refractivity contribution is 5.67. The average Bonchev–Trinajstić information content (AvgIpc) is 2.54. The molecule has 0 aromatic heterocycles. The van der Waals surface area contributed by atoms with Crippen molar-refractivity contribution in [1.29, 1.82) is 0 Å². The Labute approximate surface area is 136 Å². The highest BCUT2D eigenvalue weighted by Gasteiger charge is 2.37. The Kier molecular flexibility index (Phi) is 6.88. The molecular weight excluding hydrogens is 300 g/mol. The lowest BCUT2D eigenvalue weighted by atomic mass is 9.69. The van der Waals surface area contributed by atoms with E-state index >= 15 is 0 Å². The molecule has 0 fully saturated rings. The van der Waals surface area contributed by atoms with Gasteiger partial charge in [-0.25, -0.2) is 0 Å². The van der Waals surface area contributed by atoms with Crippen LogP contribution in [-0.4, -0.2) is 38.4 Å². The molecule has 1 aromatic rings. The third kappa shape index (κ3) is 4.37. The zero-order valence-corrected chi connectivity index (χ0v) is 14.0. The second-order valence-electron chi connectivity index (χ2n) is 5.68. The second kappa shape index (κ2) is 8.41. The Hall–Kier alpha value is -2.24. The third-order valence-electron chi connectivity index (χ3n) is 4.26. The fourth-order valence-corrected chi connectivity index (χ4v) is 2.75. The summed E-state index contributed by atoms with van der Waals surface area (Å²) < 4.78 is 15.6. The van der Waals surface area contributed by atoms with Crippen LogP contribution in [0.3, 0.4) is 0 Å². The third-order valence-corrected chi connectivity index (χ3v) is 4.26. The van der Waals surface area contributed by atoms with Crippen molar-refractivity contribution < 1.29 is 28.9 Å². The van der Waals surface area contributed by atoms with Crippen LogP contribution in [0, 0.1) is 5.92 Å². The molecule has 0 radical (unpaired) electrons. The zero-order valence-electron chi connectivity index (χ0n) is 14.0. The lowest BCUT2D eigenvalue weighted by molar-refractivity contribution is -0.137. The fourth-order valence-electron chi connectivity index (χ4n) is 2.75. The molecule has 6 nitrogen and oxygen atoms in total. The quantitative estimate of drug-likeness (QED) is 0.666. The molecular formula is C17H24O6. The van der Waals surface area contributed by atoms with Crippen LogP contribution in [0.2, 0.25) is 0 Å². The number of ether oxygens (including phenoxy) is 3. The number of methoxy groups -OCH3 is 2. The maximum absolute atomic E-state index is 11.0. The van der Waals surface area contributed by atoms with E-state index < -0.39 is 11.4 Å². The van der Waals surface area contributed by atoms with Gasteiger partial charge in [-0.3, -0.25) is 9.59 Å². The summed E-state index contributed by atoms with van der Waals surface area (Å²) in [5, 5.41) is 9.06. The maximum Gasteiger partial charge on any atom is 0.303 e. The van der Waals surface area contributed by atoms with Gasteiger partial charge >= 0.3 is 5.97 Å².